The van der Waals surface area contributed by atoms with Gasteiger partial charge in [-0.15, -0.1) is 0 Å². The summed E-state index contributed by atoms with van der Waals surface area (Å²) >= 11 is 0. The van der Waals surface area contributed by atoms with Crippen LogP contribution in [0.1, 0.15) is 31.7 Å². The molecule has 1 unspecified atom stereocenters. The summed E-state index contributed by atoms with van der Waals surface area (Å²) in [4.78, 5) is 8.72. The van der Waals surface area contributed by atoms with E-state index in [1.165, 1.54) is 0 Å². The zero-order chi connectivity index (χ0) is 15.2. The summed E-state index contributed by atoms with van der Waals surface area (Å²) in [6, 6.07) is 0. The first-order valence-corrected chi connectivity index (χ1v) is 6.72. The Morgan fingerprint density at radius 3 is 2.55 bits per heavy atom. The van der Waals surface area contributed by atoms with Crippen molar-refractivity contribution in [2.75, 3.05) is 31.0 Å². The molecule has 1 heterocycles. The molecule has 1 rings (SSSR count). The van der Waals surface area contributed by atoms with Crippen LogP contribution in [0, 0.1) is 6.92 Å². The molecule has 20 heavy (non-hydrogen) atoms. The minimum absolute atomic E-state index is 0.376. The van der Waals surface area contributed by atoms with Crippen LogP contribution >= 0.6 is 0 Å². The standard InChI is InChI=1S/C13H25N5O2/c1-5-10-16-11(9(2)12(17-10)18-14)15-8-13(3,19)6-7-20-4/h19H,5-8,14H2,1-4H3,(H2,15,16,17,18). The first-order chi connectivity index (χ1) is 9.43. The summed E-state index contributed by atoms with van der Waals surface area (Å²) in [7, 11) is 1.62. The Kier molecular flexibility index (Phi) is 6.12. The van der Waals surface area contributed by atoms with Gasteiger partial charge in [-0.05, 0) is 13.8 Å². The first kappa shape index (κ1) is 16.6. The molecular weight excluding hydrogens is 258 g/mol. The minimum atomic E-state index is -0.865. The van der Waals surface area contributed by atoms with E-state index in [-0.39, 0.29) is 0 Å². The lowest BCUT2D eigenvalue weighted by Crippen LogP contribution is -2.35. The van der Waals surface area contributed by atoms with Crippen molar-refractivity contribution in [1.29, 1.82) is 0 Å². The van der Waals surface area contributed by atoms with Crippen molar-refractivity contribution in [2.45, 2.75) is 39.2 Å². The van der Waals surface area contributed by atoms with Gasteiger partial charge in [0.15, 0.2) is 0 Å². The molecule has 0 aliphatic heterocycles. The van der Waals surface area contributed by atoms with Gasteiger partial charge in [0.25, 0.3) is 0 Å². The Labute approximate surface area is 119 Å². The predicted octanol–water partition coefficient (Wildman–Crippen LogP) is 0.832. The van der Waals surface area contributed by atoms with Gasteiger partial charge in [-0.3, -0.25) is 0 Å². The molecule has 5 N–H and O–H groups in total. The first-order valence-electron chi connectivity index (χ1n) is 6.72. The molecule has 0 aliphatic carbocycles. The molecule has 1 aromatic rings. The van der Waals surface area contributed by atoms with E-state index >= 15 is 0 Å². The third-order valence-electron chi connectivity index (χ3n) is 3.13. The van der Waals surface area contributed by atoms with Gasteiger partial charge in [0, 0.05) is 38.7 Å². The highest BCUT2D eigenvalue weighted by atomic mass is 16.5. The highest BCUT2D eigenvalue weighted by Gasteiger charge is 2.21. The van der Waals surface area contributed by atoms with Gasteiger partial charge >= 0.3 is 0 Å². The molecule has 7 nitrogen and oxygen atoms in total. The summed E-state index contributed by atoms with van der Waals surface area (Å²) in [6.07, 6.45) is 1.26. The molecule has 7 heteroatoms. The largest absolute Gasteiger partial charge is 0.388 e. The van der Waals surface area contributed by atoms with E-state index in [0.717, 1.165) is 5.56 Å². The monoisotopic (exact) mass is 283 g/mol. The normalized spacial score (nSPS) is 13.9. The van der Waals surface area contributed by atoms with Gasteiger partial charge in [-0.2, -0.15) is 0 Å². The summed E-state index contributed by atoms with van der Waals surface area (Å²) < 4.78 is 4.99. The number of aromatic nitrogens is 2. The number of methoxy groups -OCH3 is 1. The Balaban J connectivity index is 2.81. The highest BCUT2D eigenvalue weighted by molar-refractivity contribution is 5.56. The molecular formula is C13H25N5O2. The molecule has 0 saturated carbocycles. The van der Waals surface area contributed by atoms with E-state index in [1.807, 2.05) is 13.8 Å². The van der Waals surface area contributed by atoms with Crippen LogP contribution in [0.25, 0.3) is 0 Å². The number of rotatable bonds is 8. The van der Waals surface area contributed by atoms with E-state index in [0.29, 0.717) is 43.5 Å². The van der Waals surface area contributed by atoms with Crippen LogP contribution in [0.3, 0.4) is 0 Å². The number of hydrazine groups is 1. The van der Waals surface area contributed by atoms with E-state index < -0.39 is 5.60 Å². The van der Waals surface area contributed by atoms with Crippen molar-refractivity contribution >= 4 is 11.6 Å². The summed E-state index contributed by atoms with van der Waals surface area (Å²) in [5.41, 5.74) is 2.53. The van der Waals surface area contributed by atoms with E-state index in [4.69, 9.17) is 10.6 Å². The van der Waals surface area contributed by atoms with Crippen LogP contribution in [0.2, 0.25) is 0 Å². The van der Waals surface area contributed by atoms with Gasteiger partial charge in [-0.1, -0.05) is 6.92 Å². The van der Waals surface area contributed by atoms with Crippen molar-refractivity contribution < 1.29 is 9.84 Å². The Morgan fingerprint density at radius 2 is 2.00 bits per heavy atom. The lowest BCUT2D eigenvalue weighted by atomic mass is 10.0. The number of nitrogens with one attached hydrogen (secondary N) is 2. The Hall–Kier alpha value is -1.44. The van der Waals surface area contributed by atoms with Crippen LogP contribution in [0.15, 0.2) is 0 Å². The fourth-order valence-corrected chi connectivity index (χ4v) is 1.72. The smallest absolute Gasteiger partial charge is 0.148 e. The topological polar surface area (TPSA) is 105 Å². The number of hydrogen-bond donors (Lipinski definition) is 4. The number of aliphatic hydroxyl groups is 1. The second kappa shape index (κ2) is 7.37. The second-order valence-electron chi connectivity index (χ2n) is 5.05. The fourth-order valence-electron chi connectivity index (χ4n) is 1.72. The predicted molar refractivity (Wildman–Crippen MR) is 79.6 cm³/mol. The van der Waals surface area contributed by atoms with Gasteiger partial charge in [-0.25, -0.2) is 15.8 Å². The maximum atomic E-state index is 10.2. The molecule has 0 amide bonds. The number of nitrogens with zero attached hydrogens (tertiary/aromatic N) is 2. The Bertz CT molecular complexity index is 437. The lowest BCUT2D eigenvalue weighted by molar-refractivity contribution is 0.0357. The maximum Gasteiger partial charge on any atom is 0.148 e. The summed E-state index contributed by atoms with van der Waals surface area (Å²) in [5, 5.41) is 13.4. The van der Waals surface area contributed by atoms with Gasteiger partial charge in [0.05, 0.1) is 5.60 Å². The number of ether oxygens (including phenoxy) is 1. The average molecular weight is 283 g/mol. The number of nitrogen functional groups attached to an aromatic ring is 1. The number of aryl methyl sites for hydroxylation is 1. The number of hydrogen-bond acceptors (Lipinski definition) is 7. The van der Waals surface area contributed by atoms with E-state index in [1.54, 1.807) is 14.0 Å². The Morgan fingerprint density at radius 1 is 1.35 bits per heavy atom. The average Bonchev–Trinajstić information content (AvgIpc) is 2.44. The summed E-state index contributed by atoms with van der Waals surface area (Å²) in [6.45, 7) is 6.50. The van der Waals surface area contributed by atoms with Crippen molar-refractivity contribution in [3.63, 3.8) is 0 Å². The van der Waals surface area contributed by atoms with Gasteiger partial charge in [0.2, 0.25) is 0 Å². The molecule has 0 radical (unpaired) electrons. The van der Waals surface area contributed by atoms with Gasteiger partial charge < -0.3 is 20.6 Å². The highest BCUT2D eigenvalue weighted by Crippen LogP contribution is 2.20. The van der Waals surface area contributed by atoms with Crippen molar-refractivity contribution in [3.8, 4) is 0 Å². The molecule has 0 bridgehead atoms. The van der Waals surface area contributed by atoms with Crippen LogP contribution in [-0.4, -0.2) is 40.9 Å². The van der Waals surface area contributed by atoms with Crippen molar-refractivity contribution in [3.05, 3.63) is 11.4 Å². The SMILES string of the molecule is CCc1nc(NN)c(C)c(NCC(C)(O)CCOC)n1. The fraction of sp³-hybridized carbons (Fsp3) is 0.692. The number of nitrogens with two attached hydrogens (primary N) is 1. The van der Waals surface area contributed by atoms with Crippen molar-refractivity contribution in [2.24, 2.45) is 5.84 Å². The lowest BCUT2D eigenvalue weighted by Gasteiger charge is -2.24. The molecule has 0 aromatic carbocycles. The van der Waals surface area contributed by atoms with Crippen LogP contribution in [0.4, 0.5) is 11.6 Å². The third-order valence-corrected chi connectivity index (χ3v) is 3.13. The molecule has 0 spiro atoms. The number of anilines is 2. The van der Waals surface area contributed by atoms with E-state index in [9.17, 15) is 5.11 Å². The van der Waals surface area contributed by atoms with Crippen LogP contribution in [0.5, 0.6) is 0 Å². The van der Waals surface area contributed by atoms with Crippen LogP contribution < -0.4 is 16.6 Å². The second-order valence-corrected chi connectivity index (χ2v) is 5.05. The zero-order valence-electron chi connectivity index (χ0n) is 12.7. The maximum absolute atomic E-state index is 10.2. The quantitative estimate of drug-likeness (QED) is 0.414. The van der Waals surface area contributed by atoms with Gasteiger partial charge in [0.1, 0.15) is 17.5 Å². The molecule has 0 fully saturated rings. The minimum Gasteiger partial charge on any atom is -0.388 e. The third kappa shape index (κ3) is 4.59. The molecule has 0 saturated heterocycles. The summed E-state index contributed by atoms with van der Waals surface area (Å²) in [5.74, 6) is 7.43. The zero-order valence-corrected chi connectivity index (χ0v) is 12.7. The molecule has 114 valence electrons. The van der Waals surface area contributed by atoms with Crippen molar-refractivity contribution in [1.82, 2.24) is 9.97 Å². The van der Waals surface area contributed by atoms with Crippen LogP contribution in [-0.2, 0) is 11.2 Å². The van der Waals surface area contributed by atoms with E-state index in [2.05, 4.69) is 20.7 Å². The molecule has 1 atom stereocenters. The molecule has 0 aliphatic rings. The molecule has 1 aromatic heterocycles.